The second-order valence-electron chi connectivity index (χ2n) is 29.9. The molecular formula is C82H115N19O15. The molecule has 5 heterocycles. The van der Waals surface area contributed by atoms with Gasteiger partial charge in [0.05, 0.1) is 104 Å². The van der Waals surface area contributed by atoms with Gasteiger partial charge in [-0.1, -0.05) is 43.5 Å². The summed E-state index contributed by atoms with van der Waals surface area (Å²) in [6, 6.07) is 18.5. The number of hydrogen-bond donors (Lipinski definition) is 8. The summed E-state index contributed by atoms with van der Waals surface area (Å²) >= 11 is 0. The van der Waals surface area contributed by atoms with Crippen LogP contribution in [0.1, 0.15) is 181 Å². The largest absolute Gasteiger partial charge is 0.379 e. The van der Waals surface area contributed by atoms with Gasteiger partial charge in [-0.25, -0.2) is 0 Å². The molecule has 3 aliphatic rings. The van der Waals surface area contributed by atoms with E-state index in [4.69, 9.17) is 35.2 Å². The summed E-state index contributed by atoms with van der Waals surface area (Å²) in [4.78, 5) is 146. The molecule has 3 aromatic carbocycles. The predicted octanol–water partition coefficient (Wildman–Crippen LogP) is 3.68. The highest BCUT2D eigenvalue weighted by atomic mass is 16.6. The second kappa shape index (κ2) is 42.9. The van der Waals surface area contributed by atoms with E-state index < -0.39 is 59.8 Å². The smallest absolute Gasteiger partial charge is 0.298 e. The van der Waals surface area contributed by atoms with Crippen LogP contribution in [0.2, 0.25) is 0 Å². The minimum Gasteiger partial charge on any atom is -0.379 e. The highest BCUT2D eigenvalue weighted by molar-refractivity contribution is 5.99. The number of rotatable bonds is 43. The van der Waals surface area contributed by atoms with Crippen LogP contribution in [-0.4, -0.2) is 218 Å². The number of imidazole rings is 2. The molecule has 34 nitrogen and oxygen atoms in total. The van der Waals surface area contributed by atoms with Crippen LogP contribution in [0.25, 0.3) is 22.1 Å². The molecule has 5 atom stereocenters. The highest BCUT2D eigenvalue weighted by Gasteiger charge is 2.45. The van der Waals surface area contributed by atoms with Gasteiger partial charge in [-0.3, -0.25) is 57.3 Å². The number of likely N-dealkylation sites (tertiary alicyclic amines) is 1. The second-order valence-corrected chi connectivity index (χ2v) is 29.9. The van der Waals surface area contributed by atoms with E-state index in [1.165, 1.54) is 5.56 Å². The van der Waals surface area contributed by atoms with Crippen LogP contribution in [0.5, 0.6) is 0 Å². The molecule has 116 heavy (non-hydrogen) atoms. The normalized spacial score (nSPS) is 16.8. The lowest BCUT2D eigenvalue weighted by molar-refractivity contribution is -0.143. The Kier molecular flexibility index (Phi) is 32.5. The molecule has 0 spiro atoms. The Bertz CT molecular complexity index is 4590. The van der Waals surface area contributed by atoms with Crippen molar-refractivity contribution in [3.63, 3.8) is 0 Å². The van der Waals surface area contributed by atoms with Gasteiger partial charge in [-0.15, -0.1) is 0 Å². The van der Waals surface area contributed by atoms with E-state index in [0.29, 0.717) is 90.5 Å². The van der Waals surface area contributed by atoms with Crippen LogP contribution in [-0.2, 0) is 99.1 Å². The number of nitrogens with one attached hydrogen (secondary N) is 6. The Hall–Kier alpha value is -10.5. The van der Waals surface area contributed by atoms with Crippen LogP contribution in [0, 0.1) is 19.8 Å². The maximum absolute atomic E-state index is 14.7. The fourth-order valence-electron chi connectivity index (χ4n) is 15.4. The third-order valence-corrected chi connectivity index (χ3v) is 21.7. The number of benzene rings is 3. The van der Waals surface area contributed by atoms with Crippen molar-refractivity contribution < 1.29 is 71.6 Å². The Morgan fingerprint density at radius 1 is 0.603 bits per heavy atom. The highest BCUT2D eigenvalue weighted by Crippen LogP contribution is 2.33. The minimum absolute atomic E-state index is 0.0736. The number of aromatic nitrogens is 8. The number of amides is 10. The minimum atomic E-state index is -0.843. The standard InChI is InChI=1S/C82H115N19O15/c1-9-100-68(45-52(3)93-100)78(109)91-81-95(7)65-47-57(74(83)105)26-28-63(65)97(81)35-30-60(31-36-98-64-29-27-58(75(84)106)48-66(64)96(8)82(98)92-79(110)69-46-53(4)94-101(69)10-2)116-51-72(104)87-34-38-113-40-42-115-44-43-114-41-39-112-37-32-70(102)86-33-17-16-25-71(103)88-59-49-67(77(108)89-62-24-18-22-55-19-14-15-23-61(55)62)99(50-59)80(111)73(56-20-12-11-13-21-56)90-76(107)54(5)85-6/h14-15,19,23,26-29,45-48,54,56,59-60,62,67,73,85H,9-13,16-18,20-22,24-25,30-44,49-51H2,1-8H3,(H2,83,105)(H2,84,106)(H,86,102)(H,87,104)(H,88,103)(H,89,108)(H,90,107)/t54-,59-,60?,62?,67-,73-/m0/s1. The SMILES string of the molecule is CCn1nc(C)cc1C(=O)N=c1n(C)c2cc(C(N)=O)ccc2n1CCC(CCn1c(=NC(=O)c2cc(C)nn2CC)n(C)c2cc(C(N)=O)ccc21)OCC(=O)NCCOCCOCCOCCOCCC(=O)NCCCCC(=O)N[C@H]1C[C@@H](C(=O)NC2CCCc3ccccc32)N(C(=O)[C@@H](NC(=O)[C@H](C)NC)C2CCCCC2)C1. The monoisotopic (exact) mass is 1610 g/mol. The molecule has 0 bridgehead atoms. The molecule has 628 valence electrons. The van der Waals surface area contributed by atoms with E-state index in [-0.39, 0.29) is 168 Å². The molecule has 34 heteroatoms. The Balaban J connectivity index is 0.635. The maximum atomic E-state index is 14.7. The van der Waals surface area contributed by atoms with Gasteiger partial charge in [0, 0.05) is 89.9 Å². The lowest BCUT2D eigenvalue weighted by Gasteiger charge is -2.35. The van der Waals surface area contributed by atoms with Gasteiger partial charge >= 0.3 is 0 Å². The molecule has 7 aromatic rings. The van der Waals surface area contributed by atoms with Crippen molar-refractivity contribution in [1.29, 1.82) is 0 Å². The molecule has 1 saturated heterocycles. The van der Waals surface area contributed by atoms with Crippen molar-refractivity contribution in [1.82, 2.24) is 74.6 Å². The van der Waals surface area contributed by atoms with Crippen molar-refractivity contribution in [2.24, 2.45) is 41.5 Å². The van der Waals surface area contributed by atoms with Gasteiger partial charge < -0.3 is 90.2 Å². The quantitative estimate of drug-likeness (QED) is 0.0253. The summed E-state index contributed by atoms with van der Waals surface area (Å²) in [6.07, 6.45) is 8.65. The van der Waals surface area contributed by atoms with Crippen LogP contribution in [0.4, 0.5) is 0 Å². The zero-order valence-electron chi connectivity index (χ0n) is 68.1. The lowest BCUT2D eigenvalue weighted by Crippen LogP contribution is -2.58. The Labute approximate surface area is 674 Å². The van der Waals surface area contributed by atoms with Crippen LogP contribution < -0.4 is 54.6 Å². The zero-order valence-corrected chi connectivity index (χ0v) is 68.1. The lowest BCUT2D eigenvalue weighted by atomic mass is 9.83. The number of likely N-dealkylation sites (N-methyl/N-ethyl adjacent to an activating group) is 1. The molecule has 1 unspecified atom stereocenters. The summed E-state index contributed by atoms with van der Waals surface area (Å²) in [5, 5.41) is 27.0. The van der Waals surface area contributed by atoms with E-state index in [1.807, 2.05) is 41.2 Å². The topological polar surface area (TPSA) is 424 Å². The molecule has 10 amide bonds. The Morgan fingerprint density at radius 3 is 1.72 bits per heavy atom. The van der Waals surface area contributed by atoms with Crippen LogP contribution in [0.3, 0.4) is 0 Å². The number of primary amides is 2. The van der Waals surface area contributed by atoms with Gasteiger partial charge in [0.25, 0.3) is 11.8 Å². The van der Waals surface area contributed by atoms with Gasteiger partial charge in [-0.05, 0) is 171 Å². The van der Waals surface area contributed by atoms with E-state index in [2.05, 4.69) is 58.1 Å². The van der Waals surface area contributed by atoms with Gasteiger partial charge in [-0.2, -0.15) is 20.2 Å². The molecule has 4 aromatic heterocycles. The van der Waals surface area contributed by atoms with E-state index >= 15 is 0 Å². The van der Waals surface area contributed by atoms with E-state index in [1.54, 1.807) is 114 Å². The number of nitrogens with zero attached hydrogens (tertiary/aromatic N) is 11. The maximum Gasteiger partial charge on any atom is 0.298 e. The third kappa shape index (κ3) is 23.4. The van der Waals surface area contributed by atoms with Gasteiger partial charge in [0.1, 0.15) is 30.1 Å². The molecule has 10 rings (SSSR count). The number of carbonyl (C=O) groups excluding carboxylic acids is 10. The summed E-state index contributed by atoms with van der Waals surface area (Å²) in [6.45, 7) is 12.7. The zero-order chi connectivity index (χ0) is 83.0. The first-order chi connectivity index (χ1) is 55.9. The van der Waals surface area contributed by atoms with Crippen LogP contribution in [0.15, 0.2) is 82.8 Å². The van der Waals surface area contributed by atoms with Crippen molar-refractivity contribution in [2.75, 3.05) is 86.1 Å². The molecule has 2 fully saturated rings. The summed E-state index contributed by atoms with van der Waals surface area (Å²) in [5.41, 5.74) is 19.1. The number of carbonyl (C=O) groups is 10. The number of ether oxygens (including phenoxy) is 5. The Morgan fingerprint density at radius 2 is 1.16 bits per heavy atom. The number of unbranched alkanes of at least 4 members (excludes halogenated alkanes) is 1. The first-order valence-corrected chi connectivity index (χ1v) is 40.6. The molecule has 1 aliphatic heterocycles. The van der Waals surface area contributed by atoms with E-state index in [9.17, 15) is 47.9 Å². The molecule has 0 radical (unpaired) electrons. The van der Waals surface area contributed by atoms with Crippen molar-refractivity contribution >= 4 is 81.1 Å². The van der Waals surface area contributed by atoms with Crippen molar-refractivity contribution in [3.8, 4) is 0 Å². The number of fused-ring (bicyclic) bond motifs is 3. The molecular weight excluding hydrogens is 1490 g/mol. The van der Waals surface area contributed by atoms with Gasteiger partial charge in [0.2, 0.25) is 58.5 Å². The summed E-state index contributed by atoms with van der Waals surface area (Å²) < 4.78 is 39.4. The molecule has 2 aliphatic carbocycles. The average molecular weight is 1610 g/mol. The first-order valence-electron chi connectivity index (χ1n) is 40.6. The average Bonchev–Trinajstić information content (AvgIpc) is 1.62. The van der Waals surface area contributed by atoms with Crippen LogP contribution >= 0.6 is 0 Å². The molecule has 1 saturated carbocycles. The predicted molar refractivity (Wildman–Crippen MR) is 430 cm³/mol. The van der Waals surface area contributed by atoms with Gasteiger partial charge in [0.15, 0.2) is 0 Å². The number of aryl methyl sites for hydroxylation is 9. The van der Waals surface area contributed by atoms with E-state index in [0.717, 1.165) is 56.9 Å². The third-order valence-electron chi connectivity index (χ3n) is 21.7. The number of nitrogens with two attached hydrogens (primary N) is 2. The van der Waals surface area contributed by atoms with Crippen molar-refractivity contribution in [3.05, 3.63) is 129 Å². The fraction of sp³-hybridized carbons (Fsp3) is 0.561. The first kappa shape index (κ1) is 87.9. The van der Waals surface area contributed by atoms with Crippen molar-refractivity contribution in [2.45, 2.75) is 193 Å². The summed E-state index contributed by atoms with van der Waals surface area (Å²) in [5.74, 6) is -4.09. The molecule has 10 N–H and O–H groups in total. The summed E-state index contributed by atoms with van der Waals surface area (Å²) in [7, 11) is 5.16. The number of hydrogen-bond acceptors (Lipinski definition) is 18. The fourth-order valence-corrected chi connectivity index (χ4v) is 15.4.